The van der Waals surface area contributed by atoms with Crippen molar-refractivity contribution in [2.75, 3.05) is 6.54 Å². The third-order valence-electron chi connectivity index (χ3n) is 4.17. The van der Waals surface area contributed by atoms with Crippen molar-refractivity contribution in [3.05, 3.63) is 29.6 Å². The van der Waals surface area contributed by atoms with Crippen LogP contribution in [-0.2, 0) is 6.42 Å². The minimum atomic E-state index is -0.272. The summed E-state index contributed by atoms with van der Waals surface area (Å²) in [6, 6.07) is 4.40. The molecule has 92 valence electrons. The third kappa shape index (κ3) is 2.09. The van der Waals surface area contributed by atoms with Crippen LogP contribution in [0.15, 0.2) is 18.3 Å². The van der Waals surface area contributed by atoms with Gasteiger partial charge in [0.1, 0.15) is 0 Å². The molecule has 3 unspecified atom stereocenters. The molecule has 2 heterocycles. The maximum Gasteiger partial charge on any atom is 0.0776 e. The van der Waals surface area contributed by atoms with Gasteiger partial charge in [0.2, 0.25) is 0 Å². The topological polar surface area (TPSA) is 45.1 Å². The smallest absolute Gasteiger partial charge is 0.0776 e. The predicted molar refractivity (Wildman–Crippen MR) is 66.9 cm³/mol. The molecule has 1 aromatic rings. The van der Waals surface area contributed by atoms with Gasteiger partial charge in [-0.3, -0.25) is 4.98 Å². The molecule has 17 heavy (non-hydrogen) atoms. The molecular weight excluding hydrogens is 212 g/mol. The lowest BCUT2D eigenvalue weighted by Gasteiger charge is -2.31. The second kappa shape index (κ2) is 4.75. The standard InChI is InChI=1S/C14H20N2O/c17-14(12-5-1-2-8-15-12)11-7-6-10-4-3-9-16-13(10)11/h3-4,9,11-12,14-15,17H,1-2,5-8H2. The Bertz CT molecular complexity index is 388. The van der Waals surface area contributed by atoms with E-state index in [0.717, 1.165) is 31.5 Å². The zero-order chi connectivity index (χ0) is 11.7. The molecule has 1 fully saturated rings. The van der Waals surface area contributed by atoms with Gasteiger partial charge in [0, 0.05) is 23.9 Å². The van der Waals surface area contributed by atoms with E-state index in [9.17, 15) is 5.11 Å². The van der Waals surface area contributed by atoms with Gasteiger partial charge in [-0.05, 0) is 43.9 Å². The highest BCUT2D eigenvalue weighted by Crippen LogP contribution is 2.35. The van der Waals surface area contributed by atoms with Gasteiger partial charge in [-0.2, -0.15) is 0 Å². The fraction of sp³-hybridized carbons (Fsp3) is 0.643. The number of rotatable bonds is 2. The van der Waals surface area contributed by atoms with Crippen molar-refractivity contribution in [2.24, 2.45) is 0 Å². The second-order valence-electron chi connectivity index (χ2n) is 5.24. The molecule has 0 spiro atoms. The first-order chi connectivity index (χ1) is 8.36. The van der Waals surface area contributed by atoms with E-state index in [2.05, 4.69) is 16.4 Å². The summed E-state index contributed by atoms with van der Waals surface area (Å²) in [5.41, 5.74) is 2.46. The SMILES string of the molecule is OC(C1CCCCN1)C1CCc2cccnc21. The number of aromatic nitrogens is 1. The summed E-state index contributed by atoms with van der Waals surface area (Å²) in [7, 11) is 0. The Balaban J connectivity index is 1.76. The maximum absolute atomic E-state index is 10.5. The number of hydrogen-bond donors (Lipinski definition) is 2. The molecule has 1 aliphatic heterocycles. The fourth-order valence-electron chi connectivity index (χ4n) is 3.23. The predicted octanol–water partition coefficient (Wildman–Crippen LogP) is 1.61. The van der Waals surface area contributed by atoms with Crippen molar-refractivity contribution in [1.82, 2.24) is 10.3 Å². The summed E-state index contributed by atoms with van der Waals surface area (Å²) in [5.74, 6) is 0.238. The molecule has 0 bridgehead atoms. The van der Waals surface area contributed by atoms with E-state index in [0.29, 0.717) is 0 Å². The highest BCUT2D eigenvalue weighted by atomic mass is 16.3. The molecule has 3 atom stereocenters. The molecule has 1 aromatic heterocycles. The van der Waals surface area contributed by atoms with Gasteiger partial charge in [0.25, 0.3) is 0 Å². The molecule has 2 aliphatic rings. The Morgan fingerprint density at radius 2 is 2.29 bits per heavy atom. The monoisotopic (exact) mass is 232 g/mol. The Hall–Kier alpha value is -0.930. The Morgan fingerprint density at radius 3 is 3.12 bits per heavy atom. The van der Waals surface area contributed by atoms with Crippen LogP contribution in [0, 0.1) is 0 Å². The van der Waals surface area contributed by atoms with Crippen LogP contribution >= 0.6 is 0 Å². The first kappa shape index (κ1) is 11.2. The van der Waals surface area contributed by atoms with Crippen molar-refractivity contribution < 1.29 is 5.11 Å². The number of nitrogens with zero attached hydrogens (tertiary/aromatic N) is 1. The van der Waals surface area contributed by atoms with Crippen LogP contribution in [0.2, 0.25) is 0 Å². The van der Waals surface area contributed by atoms with Gasteiger partial charge in [-0.15, -0.1) is 0 Å². The van der Waals surface area contributed by atoms with Crippen LogP contribution in [-0.4, -0.2) is 28.8 Å². The van der Waals surface area contributed by atoms with E-state index < -0.39 is 0 Å². The number of aliphatic hydroxyl groups is 1. The number of fused-ring (bicyclic) bond motifs is 1. The van der Waals surface area contributed by atoms with Crippen molar-refractivity contribution in [3.8, 4) is 0 Å². The molecule has 3 nitrogen and oxygen atoms in total. The molecule has 0 radical (unpaired) electrons. The summed E-state index contributed by atoms with van der Waals surface area (Å²) >= 11 is 0. The molecule has 3 heteroatoms. The van der Waals surface area contributed by atoms with Crippen LogP contribution in [0.5, 0.6) is 0 Å². The minimum Gasteiger partial charge on any atom is -0.391 e. The maximum atomic E-state index is 10.5. The van der Waals surface area contributed by atoms with E-state index in [1.165, 1.54) is 18.4 Å². The normalized spacial score (nSPS) is 29.9. The first-order valence-corrected chi connectivity index (χ1v) is 6.71. The van der Waals surface area contributed by atoms with Crippen LogP contribution in [0.1, 0.15) is 42.9 Å². The van der Waals surface area contributed by atoms with Crippen molar-refractivity contribution in [3.63, 3.8) is 0 Å². The summed E-state index contributed by atoms with van der Waals surface area (Å²) in [6.45, 7) is 1.05. The van der Waals surface area contributed by atoms with Crippen LogP contribution in [0.4, 0.5) is 0 Å². The van der Waals surface area contributed by atoms with E-state index >= 15 is 0 Å². The molecule has 1 aliphatic carbocycles. The van der Waals surface area contributed by atoms with Crippen molar-refractivity contribution in [2.45, 2.75) is 50.2 Å². The second-order valence-corrected chi connectivity index (χ2v) is 5.24. The minimum absolute atomic E-state index is 0.238. The number of hydrogen-bond acceptors (Lipinski definition) is 3. The molecule has 0 saturated carbocycles. The summed E-state index contributed by atoms with van der Waals surface area (Å²) in [5, 5.41) is 14.0. The number of piperidine rings is 1. The van der Waals surface area contributed by atoms with Gasteiger partial charge in [0.15, 0.2) is 0 Å². The van der Waals surface area contributed by atoms with E-state index in [1.54, 1.807) is 0 Å². The number of aliphatic hydroxyl groups excluding tert-OH is 1. The lowest BCUT2D eigenvalue weighted by molar-refractivity contribution is 0.0858. The number of aryl methyl sites for hydroxylation is 1. The average Bonchev–Trinajstić information content (AvgIpc) is 2.83. The molecule has 3 rings (SSSR count). The largest absolute Gasteiger partial charge is 0.391 e. The van der Waals surface area contributed by atoms with Crippen molar-refractivity contribution >= 4 is 0 Å². The number of pyridine rings is 1. The lowest BCUT2D eigenvalue weighted by Crippen LogP contribution is -2.45. The van der Waals surface area contributed by atoms with E-state index in [4.69, 9.17) is 0 Å². The highest BCUT2D eigenvalue weighted by Gasteiger charge is 2.34. The van der Waals surface area contributed by atoms with Gasteiger partial charge < -0.3 is 10.4 Å². The van der Waals surface area contributed by atoms with Gasteiger partial charge >= 0.3 is 0 Å². The highest BCUT2D eigenvalue weighted by molar-refractivity contribution is 5.29. The number of nitrogens with one attached hydrogen (secondary N) is 1. The zero-order valence-electron chi connectivity index (χ0n) is 10.1. The van der Waals surface area contributed by atoms with Gasteiger partial charge in [-0.1, -0.05) is 12.5 Å². The quantitative estimate of drug-likeness (QED) is 0.814. The molecule has 2 N–H and O–H groups in total. The summed E-state index contributed by atoms with van der Waals surface area (Å²) in [4.78, 5) is 4.47. The van der Waals surface area contributed by atoms with Crippen LogP contribution in [0.3, 0.4) is 0 Å². The van der Waals surface area contributed by atoms with Crippen molar-refractivity contribution in [1.29, 1.82) is 0 Å². The Labute approximate surface area is 102 Å². The molecular formula is C14H20N2O. The van der Waals surface area contributed by atoms with Crippen LogP contribution in [0.25, 0.3) is 0 Å². The fourth-order valence-corrected chi connectivity index (χ4v) is 3.23. The van der Waals surface area contributed by atoms with E-state index in [1.807, 2.05) is 12.3 Å². The lowest BCUT2D eigenvalue weighted by atomic mass is 9.89. The van der Waals surface area contributed by atoms with E-state index in [-0.39, 0.29) is 18.1 Å². The molecule has 1 saturated heterocycles. The van der Waals surface area contributed by atoms with Gasteiger partial charge in [0.05, 0.1) is 6.10 Å². The zero-order valence-corrected chi connectivity index (χ0v) is 10.1. The molecule has 0 aromatic carbocycles. The summed E-state index contributed by atoms with van der Waals surface area (Å²) in [6.07, 6.45) is 7.26. The third-order valence-corrected chi connectivity index (χ3v) is 4.17. The Kier molecular flexibility index (Phi) is 3.12. The van der Waals surface area contributed by atoms with Crippen LogP contribution < -0.4 is 5.32 Å². The first-order valence-electron chi connectivity index (χ1n) is 6.71. The van der Waals surface area contributed by atoms with Gasteiger partial charge in [-0.25, -0.2) is 0 Å². The Morgan fingerprint density at radius 1 is 1.35 bits per heavy atom. The summed E-state index contributed by atoms with van der Waals surface area (Å²) < 4.78 is 0. The average molecular weight is 232 g/mol. The molecule has 0 amide bonds.